The lowest BCUT2D eigenvalue weighted by Gasteiger charge is -2.18. The van der Waals surface area contributed by atoms with E-state index in [1.807, 2.05) is 0 Å². The normalized spacial score (nSPS) is 12.9. The molecule has 1 rings (SSSR count). The molecule has 116 valence electrons. The number of hydrogen-bond donors (Lipinski definition) is 1. The molecule has 0 aliphatic heterocycles. The standard InChI is InChI=1S/C13H10F6O2/c1-2-7-5-9(12(14,15)16)8(3-4-11(20)21)10(6-7)13(17,18)19/h3-6H,2H2,1H3,(H,20,21)/b4-3+. The predicted octanol–water partition coefficient (Wildman–Crippen LogP) is 4.38. The van der Waals surface area contributed by atoms with E-state index >= 15 is 0 Å². The summed E-state index contributed by atoms with van der Waals surface area (Å²) in [6.45, 7) is 1.42. The van der Waals surface area contributed by atoms with Crippen molar-refractivity contribution in [1.29, 1.82) is 0 Å². The van der Waals surface area contributed by atoms with Crippen LogP contribution < -0.4 is 0 Å². The van der Waals surface area contributed by atoms with Gasteiger partial charge in [0.2, 0.25) is 0 Å². The average Bonchev–Trinajstić information content (AvgIpc) is 2.32. The van der Waals surface area contributed by atoms with Gasteiger partial charge in [0.25, 0.3) is 0 Å². The Morgan fingerprint density at radius 1 is 1.10 bits per heavy atom. The SMILES string of the molecule is CCc1cc(C(F)(F)F)c(/C=C/C(=O)O)c(C(F)(F)F)c1. The lowest BCUT2D eigenvalue weighted by Crippen LogP contribution is -2.15. The van der Waals surface area contributed by atoms with E-state index in [1.54, 1.807) is 0 Å². The van der Waals surface area contributed by atoms with Gasteiger partial charge in [-0.15, -0.1) is 0 Å². The summed E-state index contributed by atoms with van der Waals surface area (Å²) in [6, 6.07) is 1.19. The first kappa shape index (κ1) is 17.1. The molecule has 8 heteroatoms. The summed E-state index contributed by atoms with van der Waals surface area (Å²) in [5.74, 6) is -1.64. The van der Waals surface area contributed by atoms with Gasteiger partial charge < -0.3 is 5.11 Å². The molecule has 0 aliphatic rings. The van der Waals surface area contributed by atoms with E-state index in [0.29, 0.717) is 18.2 Å². The maximum atomic E-state index is 12.9. The van der Waals surface area contributed by atoms with Gasteiger partial charge in [0, 0.05) is 6.08 Å². The van der Waals surface area contributed by atoms with Crippen LogP contribution in [0.15, 0.2) is 18.2 Å². The second-order valence-corrected chi connectivity index (χ2v) is 4.13. The summed E-state index contributed by atoms with van der Waals surface area (Å²) in [5.41, 5.74) is -4.35. The van der Waals surface area contributed by atoms with E-state index in [9.17, 15) is 31.1 Å². The lowest BCUT2D eigenvalue weighted by atomic mass is 9.95. The van der Waals surface area contributed by atoms with Crippen LogP contribution >= 0.6 is 0 Å². The Labute approximate surface area is 115 Å². The molecule has 0 heterocycles. The number of carboxylic acid groups (broad SMARTS) is 1. The van der Waals surface area contributed by atoms with E-state index < -0.39 is 35.0 Å². The number of rotatable bonds is 3. The fourth-order valence-corrected chi connectivity index (χ4v) is 1.72. The molecule has 1 N–H and O–H groups in total. The number of carbonyl (C=O) groups is 1. The van der Waals surface area contributed by atoms with Gasteiger partial charge in [0.15, 0.2) is 0 Å². The van der Waals surface area contributed by atoms with Gasteiger partial charge in [-0.2, -0.15) is 26.3 Å². The van der Waals surface area contributed by atoms with Crippen LogP contribution in [0, 0.1) is 0 Å². The lowest BCUT2D eigenvalue weighted by molar-refractivity contribution is -0.143. The summed E-state index contributed by atoms with van der Waals surface area (Å²) in [7, 11) is 0. The van der Waals surface area contributed by atoms with Crippen molar-refractivity contribution in [2.45, 2.75) is 25.7 Å². The molecule has 0 spiro atoms. The van der Waals surface area contributed by atoms with Crippen molar-refractivity contribution in [2.75, 3.05) is 0 Å². The number of halogens is 6. The van der Waals surface area contributed by atoms with Crippen LogP contribution in [0.1, 0.15) is 29.2 Å². The first-order valence-corrected chi connectivity index (χ1v) is 5.69. The zero-order valence-electron chi connectivity index (χ0n) is 10.6. The van der Waals surface area contributed by atoms with Crippen LogP contribution in [0.4, 0.5) is 26.3 Å². The predicted molar refractivity (Wildman–Crippen MR) is 62.5 cm³/mol. The first-order valence-electron chi connectivity index (χ1n) is 5.69. The maximum Gasteiger partial charge on any atom is 0.417 e. The van der Waals surface area contributed by atoms with Crippen molar-refractivity contribution in [3.63, 3.8) is 0 Å². The zero-order valence-corrected chi connectivity index (χ0v) is 10.6. The van der Waals surface area contributed by atoms with E-state index in [2.05, 4.69) is 0 Å². The summed E-state index contributed by atoms with van der Waals surface area (Å²) < 4.78 is 77.5. The third-order valence-electron chi connectivity index (χ3n) is 2.65. The first-order chi connectivity index (χ1) is 9.46. The second kappa shape index (κ2) is 5.79. The molecule has 1 aromatic carbocycles. The topological polar surface area (TPSA) is 37.3 Å². The van der Waals surface area contributed by atoms with Crippen molar-refractivity contribution in [2.24, 2.45) is 0 Å². The molecule has 0 aromatic heterocycles. The van der Waals surface area contributed by atoms with Crippen LogP contribution in [0.25, 0.3) is 6.08 Å². The van der Waals surface area contributed by atoms with Gasteiger partial charge in [-0.1, -0.05) is 6.92 Å². The monoisotopic (exact) mass is 312 g/mol. The highest BCUT2D eigenvalue weighted by atomic mass is 19.4. The largest absolute Gasteiger partial charge is 0.478 e. The second-order valence-electron chi connectivity index (χ2n) is 4.13. The highest BCUT2D eigenvalue weighted by Gasteiger charge is 2.40. The van der Waals surface area contributed by atoms with E-state index in [1.165, 1.54) is 6.92 Å². The summed E-state index contributed by atoms with van der Waals surface area (Å²) in [4.78, 5) is 10.4. The number of carboxylic acids is 1. The number of benzene rings is 1. The molecule has 0 aliphatic carbocycles. The van der Waals surface area contributed by atoms with Gasteiger partial charge >= 0.3 is 18.3 Å². The van der Waals surface area contributed by atoms with Gasteiger partial charge in [-0.3, -0.25) is 0 Å². The van der Waals surface area contributed by atoms with Crippen molar-refractivity contribution < 1.29 is 36.2 Å². The Bertz CT molecular complexity index is 534. The maximum absolute atomic E-state index is 12.9. The molecule has 0 radical (unpaired) electrons. The zero-order chi connectivity index (χ0) is 16.4. The van der Waals surface area contributed by atoms with Crippen LogP contribution in [0.3, 0.4) is 0 Å². The van der Waals surface area contributed by atoms with E-state index in [-0.39, 0.29) is 18.1 Å². The molecule has 1 aromatic rings. The average molecular weight is 312 g/mol. The van der Waals surface area contributed by atoms with Crippen molar-refractivity contribution in [3.8, 4) is 0 Å². The van der Waals surface area contributed by atoms with Crippen LogP contribution in [0.2, 0.25) is 0 Å². The van der Waals surface area contributed by atoms with E-state index in [4.69, 9.17) is 5.11 Å². The van der Waals surface area contributed by atoms with Crippen molar-refractivity contribution >= 4 is 12.0 Å². The Morgan fingerprint density at radius 3 is 1.81 bits per heavy atom. The van der Waals surface area contributed by atoms with Gasteiger partial charge in [-0.05, 0) is 35.8 Å². The smallest absolute Gasteiger partial charge is 0.417 e. The number of aliphatic carboxylic acids is 1. The summed E-state index contributed by atoms with van der Waals surface area (Å²) >= 11 is 0. The molecule has 0 saturated heterocycles. The fraction of sp³-hybridized carbons (Fsp3) is 0.308. The van der Waals surface area contributed by atoms with Gasteiger partial charge in [-0.25, -0.2) is 4.79 Å². The molecule has 0 fully saturated rings. The molecule has 21 heavy (non-hydrogen) atoms. The summed E-state index contributed by atoms with van der Waals surface area (Å²) in [5, 5.41) is 8.41. The van der Waals surface area contributed by atoms with Crippen LogP contribution in [0.5, 0.6) is 0 Å². The Kier molecular flexibility index (Phi) is 4.70. The summed E-state index contributed by atoms with van der Waals surface area (Å²) in [6.07, 6.45) is -9.51. The molecule has 0 bridgehead atoms. The molecule has 0 atom stereocenters. The van der Waals surface area contributed by atoms with E-state index in [0.717, 1.165) is 0 Å². The Balaban J connectivity index is 3.71. The highest BCUT2D eigenvalue weighted by molar-refractivity contribution is 5.86. The molecule has 0 saturated carbocycles. The Hall–Kier alpha value is -1.99. The fourth-order valence-electron chi connectivity index (χ4n) is 1.72. The van der Waals surface area contributed by atoms with Crippen molar-refractivity contribution in [1.82, 2.24) is 0 Å². The molecule has 0 amide bonds. The van der Waals surface area contributed by atoms with Crippen molar-refractivity contribution in [3.05, 3.63) is 40.5 Å². The Morgan fingerprint density at radius 2 is 1.52 bits per heavy atom. The minimum absolute atomic E-state index is 0.0188. The molecular weight excluding hydrogens is 302 g/mol. The quantitative estimate of drug-likeness (QED) is 0.664. The minimum atomic E-state index is -5.02. The molecular formula is C13H10F6O2. The number of aryl methyl sites for hydroxylation is 1. The minimum Gasteiger partial charge on any atom is -0.478 e. The third kappa shape index (κ3) is 4.24. The van der Waals surface area contributed by atoms with Crippen LogP contribution in [-0.4, -0.2) is 11.1 Å². The number of hydrogen-bond acceptors (Lipinski definition) is 1. The third-order valence-corrected chi connectivity index (χ3v) is 2.65. The number of alkyl halides is 6. The molecule has 2 nitrogen and oxygen atoms in total. The van der Waals surface area contributed by atoms with Gasteiger partial charge in [0.1, 0.15) is 0 Å². The van der Waals surface area contributed by atoms with Crippen LogP contribution in [-0.2, 0) is 23.6 Å². The molecule has 0 unspecified atom stereocenters. The van der Waals surface area contributed by atoms with Gasteiger partial charge in [0.05, 0.1) is 11.1 Å². The highest BCUT2D eigenvalue weighted by Crippen LogP contribution is 2.41.